The van der Waals surface area contributed by atoms with Crippen LogP contribution in [0.15, 0.2) is 29.2 Å². The van der Waals surface area contributed by atoms with Crippen molar-refractivity contribution in [2.45, 2.75) is 24.8 Å². The molecule has 1 heterocycles. The van der Waals surface area contributed by atoms with Gasteiger partial charge in [0, 0.05) is 26.2 Å². The van der Waals surface area contributed by atoms with Gasteiger partial charge in [-0.2, -0.15) is 4.31 Å². The van der Waals surface area contributed by atoms with Gasteiger partial charge < -0.3 is 10.1 Å². The summed E-state index contributed by atoms with van der Waals surface area (Å²) in [7, 11) is -3.47. The van der Waals surface area contributed by atoms with Crippen molar-refractivity contribution in [3.63, 3.8) is 0 Å². The molecule has 1 saturated heterocycles. The van der Waals surface area contributed by atoms with E-state index in [-0.39, 0.29) is 11.0 Å². The van der Waals surface area contributed by atoms with Crippen LogP contribution in [0.1, 0.15) is 13.8 Å². The van der Waals surface area contributed by atoms with Gasteiger partial charge in [-0.05, 0) is 26.0 Å². The molecule has 19 heavy (non-hydrogen) atoms. The number of benzene rings is 1. The Morgan fingerprint density at radius 3 is 2.47 bits per heavy atom. The van der Waals surface area contributed by atoms with E-state index in [1.54, 1.807) is 24.3 Å². The molecule has 1 aliphatic rings. The second-order valence-electron chi connectivity index (χ2n) is 4.77. The zero-order valence-corrected chi connectivity index (χ0v) is 12.1. The number of hydrogen-bond acceptors (Lipinski definition) is 4. The second-order valence-corrected chi connectivity index (χ2v) is 6.67. The molecular weight excluding hydrogens is 264 g/mol. The Kier molecular flexibility index (Phi) is 4.44. The number of piperazine rings is 1. The fourth-order valence-corrected chi connectivity index (χ4v) is 3.60. The Bertz CT molecular complexity index is 522. The summed E-state index contributed by atoms with van der Waals surface area (Å²) in [5.41, 5.74) is 0. The lowest BCUT2D eigenvalue weighted by Gasteiger charge is -2.27. The summed E-state index contributed by atoms with van der Waals surface area (Å²) in [6.45, 7) is 6.14. The van der Waals surface area contributed by atoms with E-state index in [0.717, 1.165) is 0 Å². The first-order chi connectivity index (χ1) is 9.01. The molecule has 1 aliphatic heterocycles. The molecule has 0 unspecified atom stereocenters. The highest BCUT2D eigenvalue weighted by atomic mass is 32.2. The summed E-state index contributed by atoms with van der Waals surface area (Å²) >= 11 is 0. The Balaban J connectivity index is 2.34. The van der Waals surface area contributed by atoms with Gasteiger partial charge in [0.2, 0.25) is 10.0 Å². The first-order valence-corrected chi connectivity index (χ1v) is 7.92. The third kappa shape index (κ3) is 3.26. The molecule has 0 spiro atoms. The topological polar surface area (TPSA) is 58.6 Å². The molecule has 0 aromatic heterocycles. The number of rotatable bonds is 4. The van der Waals surface area contributed by atoms with Crippen LogP contribution in [0.3, 0.4) is 0 Å². The van der Waals surface area contributed by atoms with E-state index in [0.29, 0.717) is 31.9 Å². The molecule has 0 radical (unpaired) electrons. The molecule has 0 amide bonds. The predicted molar refractivity (Wildman–Crippen MR) is 73.8 cm³/mol. The van der Waals surface area contributed by atoms with Gasteiger partial charge in [-0.25, -0.2) is 8.42 Å². The average molecular weight is 284 g/mol. The molecule has 0 aliphatic carbocycles. The SMILES string of the molecule is CC(C)Oc1ccccc1S(=O)(=O)N1CCNCC1. The first kappa shape index (κ1) is 14.3. The highest BCUT2D eigenvalue weighted by molar-refractivity contribution is 7.89. The highest BCUT2D eigenvalue weighted by Crippen LogP contribution is 2.27. The molecule has 0 bridgehead atoms. The zero-order valence-electron chi connectivity index (χ0n) is 11.3. The lowest BCUT2D eigenvalue weighted by atomic mass is 10.3. The Hall–Kier alpha value is -1.11. The summed E-state index contributed by atoms with van der Waals surface area (Å²) in [5, 5.41) is 3.15. The minimum Gasteiger partial charge on any atom is -0.490 e. The largest absolute Gasteiger partial charge is 0.490 e. The predicted octanol–water partition coefficient (Wildman–Crippen LogP) is 1.07. The smallest absolute Gasteiger partial charge is 0.246 e. The third-order valence-corrected chi connectivity index (χ3v) is 4.84. The summed E-state index contributed by atoms with van der Waals surface area (Å²) < 4.78 is 32.3. The summed E-state index contributed by atoms with van der Waals surface area (Å²) in [4.78, 5) is 0.255. The maximum Gasteiger partial charge on any atom is 0.246 e. The van der Waals surface area contributed by atoms with Crippen LogP contribution in [-0.2, 0) is 10.0 Å². The Morgan fingerprint density at radius 1 is 1.21 bits per heavy atom. The van der Waals surface area contributed by atoms with Crippen molar-refractivity contribution in [1.29, 1.82) is 0 Å². The average Bonchev–Trinajstić information content (AvgIpc) is 2.39. The van der Waals surface area contributed by atoms with Crippen molar-refractivity contribution in [3.8, 4) is 5.75 Å². The molecule has 106 valence electrons. The Labute approximate surface area is 114 Å². The molecular formula is C13H20N2O3S. The van der Waals surface area contributed by atoms with Crippen LogP contribution in [0.25, 0.3) is 0 Å². The molecule has 5 nitrogen and oxygen atoms in total. The maximum atomic E-state index is 12.6. The van der Waals surface area contributed by atoms with Gasteiger partial charge in [0.05, 0.1) is 6.10 Å². The fraction of sp³-hybridized carbons (Fsp3) is 0.538. The van der Waals surface area contributed by atoms with Crippen molar-refractivity contribution in [3.05, 3.63) is 24.3 Å². The van der Waals surface area contributed by atoms with Crippen LogP contribution in [0.4, 0.5) is 0 Å². The van der Waals surface area contributed by atoms with Crippen molar-refractivity contribution < 1.29 is 13.2 Å². The Morgan fingerprint density at radius 2 is 1.84 bits per heavy atom. The van der Waals surface area contributed by atoms with E-state index in [9.17, 15) is 8.42 Å². The lowest BCUT2D eigenvalue weighted by Crippen LogP contribution is -2.46. The summed E-state index contributed by atoms with van der Waals surface area (Å²) in [5.74, 6) is 0.427. The van der Waals surface area contributed by atoms with Crippen LogP contribution in [0.5, 0.6) is 5.75 Å². The molecule has 1 N–H and O–H groups in total. The molecule has 6 heteroatoms. The highest BCUT2D eigenvalue weighted by Gasteiger charge is 2.28. The standard InChI is InChI=1S/C13H20N2O3S/c1-11(2)18-12-5-3-4-6-13(12)19(16,17)15-9-7-14-8-10-15/h3-6,11,14H,7-10H2,1-2H3. The van der Waals surface area contributed by atoms with Gasteiger partial charge in [-0.1, -0.05) is 12.1 Å². The minimum atomic E-state index is -3.47. The monoisotopic (exact) mass is 284 g/mol. The molecule has 1 fully saturated rings. The normalized spacial score (nSPS) is 17.6. The van der Waals surface area contributed by atoms with E-state index in [1.807, 2.05) is 13.8 Å². The number of nitrogens with one attached hydrogen (secondary N) is 1. The van der Waals surface area contributed by atoms with E-state index < -0.39 is 10.0 Å². The maximum absolute atomic E-state index is 12.6. The molecule has 1 aromatic rings. The summed E-state index contributed by atoms with van der Waals surface area (Å²) in [6, 6.07) is 6.82. The van der Waals surface area contributed by atoms with Gasteiger partial charge in [0.25, 0.3) is 0 Å². The number of nitrogens with zero attached hydrogens (tertiary/aromatic N) is 1. The minimum absolute atomic E-state index is 0.0561. The quantitative estimate of drug-likeness (QED) is 0.898. The number of ether oxygens (including phenoxy) is 1. The van der Waals surface area contributed by atoms with E-state index in [1.165, 1.54) is 4.31 Å². The first-order valence-electron chi connectivity index (χ1n) is 6.48. The van der Waals surface area contributed by atoms with Crippen molar-refractivity contribution in [2.24, 2.45) is 0 Å². The van der Waals surface area contributed by atoms with E-state index >= 15 is 0 Å². The molecule has 2 rings (SSSR count). The van der Waals surface area contributed by atoms with Crippen LogP contribution in [0.2, 0.25) is 0 Å². The van der Waals surface area contributed by atoms with Gasteiger partial charge in [-0.15, -0.1) is 0 Å². The second kappa shape index (κ2) is 5.90. The van der Waals surface area contributed by atoms with Crippen LogP contribution >= 0.6 is 0 Å². The zero-order chi connectivity index (χ0) is 13.9. The van der Waals surface area contributed by atoms with Gasteiger partial charge in [0.1, 0.15) is 10.6 Å². The van der Waals surface area contributed by atoms with Crippen molar-refractivity contribution in [1.82, 2.24) is 9.62 Å². The molecule has 0 saturated carbocycles. The lowest BCUT2D eigenvalue weighted by molar-refractivity contribution is 0.235. The third-order valence-electron chi connectivity index (χ3n) is 2.91. The van der Waals surface area contributed by atoms with Crippen LogP contribution in [-0.4, -0.2) is 45.0 Å². The molecule has 0 atom stereocenters. The van der Waals surface area contributed by atoms with Crippen LogP contribution in [0, 0.1) is 0 Å². The van der Waals surface area contributed by atoms with Gasteiger partial charge in [-0.3, -0.25) is 0 Å². The van der Waals surface area contributed by atoms with Crippen molar-refractivity contribution in [2.75, 3.05) is 26.2 Å². The van der Waals surface area contributed by atoms with Gasteiger partial charge in [0.15, 0.2) is 0 Å². The molecule has 1 aromatic carbocycles. The number of hydrogen-bond donors (Lipinski definition) is 1. The number of sulfonamides is 1. The summed E-state index contributed by atoms with van der Waals surface area (Å²) in [6.07, 6.45) is -0.0561. The fourth-order valence-electron chi connectivity index (χ4n) is 2.04. The van der Waals surface area contributed by atoms with Gasteiger partial charge >= 0.3 is 0 Å². The van der Waals surface area contributed by atoms with Crippen molar-refractivity contribution >= 4 is 10.0 Å². The number of para-hydroxylation sites is 1. The van der Waals surface area contributed by atoms with E-state index in [2.05, 4.69) is 5.32 Å². The van der Waals surface area contributed by atoms with Crippen LogP contribution < -0.4 is 10.1 Å². The van der Waals surface area contributed by atoms with E-state index in [4.69, 9.17) is 4.74 Å².